The molecule has 1 amide bonds. The molecule has 0 aliphatic carbocycles. The van der Waals surface area contributed by atoms with Crippen molar-refractivity contribution in [1.82, 2.24) is 10.6 Å². The number of rotatable bonds is 3. The monoisotopic (exact) mass is 253 g/mol. The SMILES string of the molecule is O=C(N[C@H]1CCNC1)c1cc(F)cc([N+](=O)[O-])c1. The quantitative estimate of drug-likeness (QED) is 0.617. The van der Waals surface area contributed by atoms with Gasteiger partial charge >= 0.3 is 0 Å². The number of nitro groups is 1. The van der Waals surface area contributed by atoms with Gasteiger partial charge in [-0.25, -0.2) is 4.39 Å². The zero-order chi connectivity index (χ0) is 13.1. The minimum Gasteiger partial charge on any atom is -0.348 e. The molecule has 6 nitrogen and oxygen atoms in total. The van der Waals surface area contributed by atoms with Crippen LogP contribution in [0.1, 0.15) is 16.8 Å². The highest BCUT2D eigenvalue weighted by atomic mass is 19.1. The number of non-ortho nitro benzene ring substituents is 1. The molecule has 1 saturated heterocycles. The number of nitrogens with one attached hydrogen (secondary N) is 2. The number of hydrogen-bond donors (Lipinski definition) is 2. The summed E-state index contributed by atoms with van der Waals surface area (Å²) in [4.78, 5) is 21.6. The van der Waals surface area contributed by atoms with Crippen molar-refractivity contribution in [3.05, 3.63) is 39.7 Å². The fourth-order valence-electron chi connectivity index (χ4n) is 1.86. The first-order chi connectivity index (χ1) is 8.56. The van der Waals surface area contributed by atoms with Crippen LogP contribution in [0, 0.1) is 15.9 Å². The van der Waals surface area contributed by atoms with Crippen molar-refractivity contribution < 1.29 is 14.1 Å². The number of halogens is 1. The molecule has 2 N–H and O–H groups in total. The van der Waals surface area contributed by atoms with Gasteiger partial charge in [0.1, 0.15) is 5.82 Å². The van der Waals surface area contributed by atoms with E-state index in [1.54, 1.807) is 0 Å². The summed E-state index contributed by atoms with van der Waals surface area (Å²) in [5, 5.41) is 16.3. The van der Waals surface area contributed by atoms with Crippen LogP contribution in [0.25, 0.3) is 0 Å². The van der Waals surface area contributed by atoms with Crippen molar-refractivity contribution in [2.45, 2.75) is 12.5 Å². The average molecular weight is 253 g/mol. The number of benzene rings is 1. The Morgan fingerprint density at radius 2 is 2.28 bits per heavy atom. The molecule has 0 saturated carbocycles. The summed E-state index contributed by atoms with van der Waals surface area (Å²) in [7, 11) is 0. The maximum Gasteiger partial charge on any atom is 0.273 e. The largest absolute Gasteiger partial charge is 0.348 e. The topological polar surface area (TPSA) is 84.3 Å². The molecule has 1 heterocycles. The summed E-state index contributed by atoms with van der Waals surface area (Å²) in [5.41, 5.74) is -0.460. The van der Waals surface area contributed by atoms with Crippen LogP contribution in [0.4, 0.5) is 10.1 Å². The number of carbonyl (C=O) groups excluding carboxylic acids is 1. The van der Waals surface area contributed by atoms with Gasteiger partial charge in [0.25, 0.3) is 11.6 Å². The Kier molecular flexibility index (Phi) is 3.52. The van der Waals surface area contributed by atoms with Gasteiger partial charge in [0.2, 0.25) is 0 Å². The number of carbonyl (C=O) groups is 1. The van der Waals surface area contributed by atoms with E-state index in [0.29, 0.717) is 6.54 Å². The minimum absolute atomic E-state index is 0.0141. The molecule has 7 heteroatoms. The number of amides is 1. The summed E-state index contributed by atoms with van der Waals surface area (Å²) >= 11 is 0. The van der Waals surface area contributed by atoms with Crippen LogP contribution in [-0.4, -0.2) is 30.0 Å². The molecule has 0 aromatic heterocycles. The van der Waals surface area contributed by atoms with Gasteiger partial charge in [-0.15, -0.1) is 0 Å². The number of nitro benzene ring substituents is 1. The highest BCUT2D eigenvalue weighted by Crippen LogP contribution is 2.16. The van der Waals surface area contributed by atoms with E-state index in [1.807, 2.05) is 0 Å². The van der Waals surface area contributed by atoms with Gasteiger partial charge in [-0.3, -0.25) is 14.9 Å². The van der Waals surface area contributed by atoms with Crippen molar-refractivity contribution in [1.29, 1.82) is 0 Å². The summed E-state index contributed by atoms with van der Waals surface area (Å²) in [6.07, 6.45) is 0.795. The first-order valence-corrected chi connectivity index (χ1v) is 5.53. The van der Waals surface area contributed by atoms with E-state index < -0.39 is 22.3 Å². The lowest BCUT2D eigenvalue weighted by Gasteiger charge is -2.11. The predicted molar refractivity (Wildman–Crippen MR) is 61.8 cm³/mol. The van der Waals surface area contributed by atoms with Gasteiger partial charge in [0.05, 0.1) is 11.0 Å². The minimum atomic E-state index is -0.793. The molecule has 1 aromatic rings. The van der Waals surface area contributed by atoms with E-state index in [-0.39, 0.29) is 11.6 Å². The summed E-state index contributed by atoms with van der Waals surface area (Å²) < 4.78 is 13.2. The van der Waals surface area contributed by atoms with Gasteiger partial charge in [-0.1, -0.05) is 0 Å². The van der Waals surface area contributed by atoms with E-state index in [9.17, 15) is 19.3 Å². The van der Waals surface area contributed by atoms with Crippen LogP contribution >= 0.6 is 0 Å². The molecule has 0 unspecified atom stereocenters. The zero-order valence-corrected chi connectivity index (χ0v) is 9.48. The van der Waals surface area contributed by atoms with Crippen LogP contribution in [0.3, 0.4) is 0 Å². The second kappa shape index (κ2) is 5.09. The van der Waals surface area contributed by atoms with Gasteiger partial charge in [-0.2, -0.15) is 0 Å². The van der Waals surface area contributed by atoms with Crippen LogP contribution < -0.4 is 10.6 Å². The molecule has 1 atom stereocenters. The first kappa shape index (κ1) is 12.4. The van der Waals surface area contributed by atoms with Gasteiger partial charge in [0, 0.05) is 24.2 Å². The molecule has 2 rings (SSSR count). The Morgan fingerprint density at radius 1 is 1.50 bits per heavy atom. The van der Waals surface area contributed by atoms with E-state index in [2.05, 4.69) is 10.6 Å². The molecule has 1 aromatic carbocycles. The van der Waals surface area contributed by atoms with Crippen LogP contribution in [0.2, 0.25) is 0 Å². The molecule has 1 fully saturated rings. The van der Waals surface area contributed by atoms with E-state index in [1.165, 1.54) is 0 Å². The van der Waals surface area contributed by atoms with Gasteiger partial charge in [0.15, 0.2) is 0 Å². The Balaban J connectivity index is 2.16. The molecule has 0 radical (unpaired) electrons. The van der Waals surface area contributed by atoms with Crippen molar-refractivity contribution >= 4 is 11.6 Å². The van der Waals surface area contributed by atoms with E-state index in [4.69, 9.17) is 0 Å². The number of hydrogen-bond acceptors (Lipinski definition) is 4. The molecule has 1 aliphatic rings. The Hall–Kier alpha value is -2.02. The van der Waals surface area contributed by atoms with Crippen molar-refractivity contribution in [3.8, 4) is 0 Å². The van der Waals surface area contributed by atoms with E-state index >= 15 is 0 Å². The summed E-state index contributed by atoms with van der Waals surface area (Å²) in [5.74, 6) is -1.29. The van der Waals surface area contributed by atoms with Crippen molar-refractivity contribution in [3.63, 3.8) is 0 Å². The highest BCUT2D eigenvalue weighted by molar-refractivity contribution is 5.95. The van der Waals surface area contributed by atoms with Crippen molar-refractivity contribution in [2.24, 2.45) is 0 Å². The predicted octanol–water partition coefficient (Wildman–Crippen LogP) is 0.826. The second-order valence-electron chi connectivity index (χ2n) is 4.12. The average Bonchev–Trinajstić information content (AvgIpc) is 2.80. The van der Waals surface area contributed by atoms with Gasteiger partial charge in [-0.05, 0) is 19.0 Å². The molecule has 1 aliphatic heterocycles. The molecular weight excluding hydrogens is 241 g/mol. The van der Waals surface area contributed by atoms with Crippen molar-refractivity contribution in [2.75, 3.05) is 13.1 Å². The molecule has 18 heavy (non-hydrogen) atoms. The fraction of sp³-hybridized carbons (Fsp3) is 0.364. The third kappa shape index (κ3) is 2.80. The standard InChI is InChI=1S/C11H12FN3O3/c12-8-3-7(4-10(5-8)15(17)18)11(16)14-9-1-2-13-6-9/h3-5,9,13H,1-2,6H2,(H,14,16)/t9-/m0/s1. The van der Waals surface area contributed by atoms with E-state index in [0.717, 1.165) is 31.2 Å². The Bertz CT molecular complexity index is 486. The fourth-order valence-corrected chi connectivity index (χ4v) is 1.86. The zero-order valence-electron chi connectivity index (χ0n) is 9.48. The molecule has 0 bridgehead atoms. The first-order valence-electron chi connectivity index (χ1n) is 5.53. The second-order valence-corrected chi connectivity index (χ2v) is 4.12. The summed E-state index contributed by atoms with van der Waals surface area (Å²) in [6, 6.07) is 2.83. The van der Waals surface area contributed by atoms with Crippen LogP contribution in [-0.2, 0) is 0 Å². The lowest BCUT2D eigenvalue weighted by Crippen LogP contribution is -2.36. The molecule has 0 spiro atoms. The maximum atomic E-state index is 13.2. The highest BCUT2D eigenvalue weighted by Gasteiger charge is 2.19. The Morgan fingerprint density at radius 3 is 2.89 bits per heavy atom. The summed E-state index contributed by atoms with van der Waals surface area (Å²) in [6.45, 7) is 1.47. The molecule has 96 valence electrons. The van der Waals surface area contributed by atoms with Crippen LogP contribution in [0.15, 0.2) is 18.2 Å². The Labute approximate surface area is 102 Å². The smallest absolute Gasteiger partial charge is 0.273 e. The lowest BCUT2D eigenvalue weighted by atomic mass is 10.1. The molecular formula is C11H12FN3O3. The third-order valence-electron chi connectivity index (χ3n) is 2.75. The lowest BCUT2D eigenvalue weighted by molar-refractivity contribution is -0.385. The third-order valence-corrected chi connectivity index (χ3v) is 2.75. The normalized spacial score (nSPS) is 18.6. The number of nitrogens with zero attached hydrogens (tertiary/aromatic N) is 1. The maximum absolute atomic E-state index is 13.2. The van der Waals surface area contributed by atoms with Crippen LogP contribution in [0.5, 0.6) is 0 Å². The van der Waals surface area contributed by atoms with Gasteiger partial charge < -0.3 is 10.6 Å².